The van der Waals surface area contributed by atoms with Crippen LogP contribution < -0.4 is 9.32 Å². The normalized spacial score (nSPS) is 11.7. The molecule has 0 atom stereocenters. The molecule has 0 aliphatic rings. The molecule has 6 heteroatoms. The fourth-order valence-electron chi connectivity index (χ4n) is 1.81. The van der Waals surface area contributed by atoms with Gasteiger partial charge in [0, 0.05) is 11.1 Å². The average molecular weight is 282 g/mol. The van der Waals surface area contributed by atoms with Crippen molar-refractivity contribution < 1.29 is 12.6 Å². The molecule has 0 fully saturated rings. The summed E-state index contributed by atoms with van der Waals surface area (Å²) in [4.78, 5) is 0. The van der Waals surface area contributed by atoms with Crippen LogP contribution >= 0.6 is 0 Å². The van der Waals surface area contributed by atoms with Crippen LogP contribution in [0.5, 0.6) is 5.75 Å². The topological polar surface area (TPSA) is 93.2 Å². The van der Waals surface area contributed by atoms with Crippen molar-refractivity contribution in [3.05, 3.63) is 28.8 Å². The van der Waals surface area contributed by atoms with Crippen molar-refractivity contribution in [1.29, 1.82) is 5.26 Å². The lowest BCUT2D eigenvalue weighted by Gasteiger charge is -2.19. The number of hydrogen-bond acceptors (Lipinski definition) is 4. The molecule has 0 heterocycles. The molecule has 0 spiro atoms. The van der Waals surface area contributed by atoms with E-state index in [0.717, 1.165) is 0 Å². The van der Waals surface area contributed by atoms with Gasteiger partial charge in [0.2, 0.25) is 0 Å². The Labute approximate surface area is 114 Å². The van der Waals surface area contributed by atoms with Crippen LogP contribution in [0.4, 0.5) is 0 Å². The Morgan fingerprint density at radius 2 is 1.58 bits per heavy atom. The van der Waals surface area contributed by atoms with Crippen LogP contribution in [-0.4, -0.2) is 8.42 Å². The summed E-state index contributed by atoms with van der Waals surface area (Å²) >= 11 is 0. The first-order valence-electron chi connectivity index (χ1n) is 5.95. The minimum Gasteiger partial charge on any atom is -0.370 e. The van der Waals surface area contributed by atoms with E-state index in [1.54, 1.807) is 12.1 Å². The smallest absolute Gasteiger partial charge is 0.370 e. The van der Waals surface area contributed by atoms with Gasteiger partial charge in [-0.2, -0.15) is 18.8 Å². The maximum Gasteiger partial charge on any atom is 0.380 e. The Morgan fingerprint density at radius 3 is 1.84 bits per heavy atom. The van der Waals surface area contributed by atoms with E-state index in [-0.39, 0.29) is 17.6 Å². The van der Waals surface area contributed by atoms with E-state index < -0.39 is 10.3 Å². The molecule has 0 aromatic heterocycles. The van der Waals surface area contributed by atoms with Crippen molar-refractivity contribution >= 4 is 10.3 Å². The maximum atomic E-state index is 11.2. The highest BCUT2D eigenvalue weighted by atomic mass is 32.2. The van der Waals surface area contributed by atoms with Crippen molar-refractivity contribution in [3.63, 3.8) is 0 Å². The second-order valence-electron chi connectivity index (χ2n) is 4.98. The minimum atomic E-state index is -4.09. The minimum absolute atomic E-state index is 0.0162. The van der Waals surface area contributed by atoms with Gasteiger partial charge in [-0.25, -0.2) is 0 Å². The molecule has 0 unspecified atom stereocenters. The molecule has 104 valence electrons. The Morgan fingerprint density at radius 1 is 1.16 bits per heavy atom. The lowest BCUT2D eigenvalue weighted by molar-refractivity contribution is 0.477. The van der Waals surface area contributed by atoms with Gasteiger partial charge in [-0.1, -0.05) is 27.7 Å². The van der Waals surface area contributed by atoms with Crippen molar-refractivity contribution in [2.24, 2.45) is 5.14 Å². The molecule has 1 aromatic carbocycles. The van der Waals surface area contributed by atoms with E-state index in [0.29, 0.717) is 16.7 Å². The Bertz CT molecular complexity index is 584. The lowest BCUT2D eigenvalue weighted by atomic mass is 9.92. The van der Waals surface area contributed by atoms with Crippen LogP contribution in [0.15, 0.2) is 12.1 Å². The van der Waals surface area contributed by atoms with E-state index in [1.807, 2.05) is 27.7 Å². The quantitative estimate of drug-likeness (QED) is 0.917. The Balaban J connectivity index is 3.59. The van der Waals surface area contributed by atoms with Gasteiger partial charge in [-0.05, 0) is 24.0 Å². The van der Waals surface area contributed by atoms with Crippen LogP contribution in [0.25, 0.3) is 0 Å². The fraction of sp³-hybridized carbons (Fsp3) is 0.462. The first kappa shape index (κ1) is 15.5. The van der Waals surface area contributed by atoms with Gasteiger partial charge >= 0.3 is 10.3 Å². The fourth-order valence-corrected chi connectivity index (χ4v) is 2.23. The average Bonchev–Trinajstić information content (AvgIpc) is 2.26. The molecule has 1 rings (SSSR count). The van der Waals surface area contributed by atoms with E-state index >= 15 is 0 Å². The third-order valence-corrected chi connectivity index (χ3v) is 3.12. The van der Waals surface area contributed by atoms with Crippen LogP contribution in [0.2, 0.25) is 0 Å². The number of rotatable bonds is 4. The number of nitriles is 1. The molecule has 0 saturated carbocycles. The lowest BCUT2D eigenvalue weighted by Crippen LogP contribution is -2.21. The number of nitrogens with zero attached hydrogens (tertiary/aromatic N) is 1. The summed E-state index contributed by atoms with van der Waals surface area (Å²) in [5, 5.41) is 14.0. The van der Waals surface area contributed by atoms with E-state index in [9.17, 15) is 8.42 Å². The Hall–Kier alpha value is -1.58. The zero-order valence-electron chi connectivity index (χ0n) is 11.5. The molecule has 2 N–H and O–H groups in total. The third-order valence-electron chi connectivity index (χ3n) is 2.72. The summed E-state index contributed by atoms with van der Waals surface area (Å²) in [6.45, 7) is 7.60. The van der Waals surface area contributed by atoms with Crippen molar-refractivity contribution in [1.82, 2.24) is 0 Å². The van der Waals surface area contributed by atoms with Gasteiger partial charge in [-0.15, -0.1) is 0 Å². The molecule has 0 aliphatic heterocycles. The number of benzene rings is 1. The SMILES string of the molecule is CC(C)c1cc(C#N)cc(C(C)C)c1OS(N)(=O)=O. The van der Waals surface area contributed by atoms with Gasteiger partial charge in [0.1, 0.15) is 0 Å². The second kappa shape index (κ2) is 5.59. The molecule has 19 heavy (non-hydrogen) atoms. The monoisotopic (exact) mass is 282 g/mol. The zero-order valence-corrected chi connectivity index (χ0v) is 12.3. The second-order valence-corrected chi connectivity index (χ2v) is 6.13. The van der Waals surface area contributed by atoms with Crippen LogP contribution in [0, 0.1) is 11.3 Å². The van der Waals surface area contributed by atoms with Crippen molar-refractivity contribution in [2.45, 2.75) is 39.5 Å². The van der Waals surface area contributed by atoms with Crippen LogP contribution in [0.1, 0.15) is 56.2 Å². The first-order chi connectivity index (χ1) is 8.65. The molecular weight excluding hydrogens is 264 g/mol. The predicted molar refractivity (Wildman–Crippen MR) is 73.1 cm³/mol. The molecule has 1 aromatic rings. The highest BCUT2D eigenvalue weighted by Gasteiger charge is 2.20. The molecule has 0 amide bonds. The van der Waals surface area contributed by atoms with Gasteiger partial charge in [-0.3, -0.25) is 0 Å². The van der Waals surface area contributed by atoms with E-state index in [1.165, 1.54) is 0 Å². The summed E-state index contributed by atoms with van der Waals surface area (Å²) in [5.41, 5.74) is 1.81. The standard InChI is InChI=1S/C13H18N2O3S/c1-8(2)11-5-10(7-14)6-12(9(3)4)13(11)18-19(15,16)17/h5-6,8-9H,1-4H3,(H2,15,16,17). The maximum absolute atomic E-state index is 11.2. The van der Waals surface area contributed by atoms with Gasteiger partial charge in [0.25, 0.3) is 0 Å². The highest BCUT2D eigenvalue weighted by molar-refractivity contribution is 7.84. The van der Waals surface area contributed by atoms with Gasteiger partial charge in [0.05, 0.1) is 11.6 Å². The predicted octanol–water partition coefficient (Wildman–Crippen LogP) is 2.39. The summed E-state index contributed by atoms with van der Waals surface area (Å²) in [5.74, 6) is 0.275. The van der Waals surface area contributed by atoms with Crippen LogP contribution in [0.3, 0.4) is 0 Å². The molecule has 0 bridgehead atoms. The summed E-state index contributed by atoms with van der Waals surface area (Å²) in [6.07, 6.45) is 0. The summed E-state index contributed by atoms with van der Waals surface area (Å²) in [6, 6.07) is 5.34. The Kier molecular flexibility index (Phi) is 4.56. The molecule has 5 nitrogen and oxygen atoms in total. The summed E-state index contributed by atoms with van der Waals surface area (Å²) < 4.78 is 27.3. The molecule has 0 saturated heterocycles. The van der Waals surface area contributed by atoms with Crippen molar-refractivity contribution in [3.8, 4) is 11.8 Å². The largest absolute Gasteiger partial charge is 0.380 e. The van der Waals surface area contributed by atoms with Gasteiger partial charge < -0.3 is 4.18 Å². The van der Waals surface area contributed by atoms with E-state index in [4.69, 9.17) is 14.6 Å². The molecule has 0 aliphatic carbocycles. The third kappa shape index (κ3) is 3.94. The van der Waals surface area contributed by atoms with Crippen LogP contribution in [-0.2, 0) is 10.3 Å². The molecule has 0 radical (unpaired) electrons. The summed E-state index contributed by atoms with van der Waals surface area (Å²) in [7, 11) is -4.09. The van der Waals surface area contributed by atoms with Gasteiger partial charge in [0.15, 0.2) is 5.75 Å². The first-order valence-corrected chi connectivity index (χ1v) is 7.43. The van der Waals surface area contributed by atoms with Crippen molar-refractivity contribution in [2.75, 3.05) is 0 Å². The number of nitrogens with two attached hydrogens (primary N) is 1. The number of hydrogen-bond donors (Lipinski definition) is 1. The van der Waals surface area contributed by atoms with E-state index in [2.05, 4.69) is 6.07 Å². The molecular formula is C13H18N2O3S. The highest BCUT2D eigenvalue weighted by Crippen LogP contribution is 2.36. The zero-order chi connectivity index (χ0) is 14.8.